The quantitative estimate of drug-likeness (QED) is 0.692. The van der Waals surface area contributed by atoms with Crippen LogP contribution >= 0.6 is 11.8 Å². The van der Waals surface area contributed by atoms with Crippen molar-refractivity contribution in [1.82, 2.24) is 9.97 Å². The van der Waals surface area contributed by atoms with E-state index in [1.165, 1.54) is 30.0 Å². The van der Waals surface area contributed by atoms with Crippen molar-refractivity contribution in [3.63, 3.8) is 0 Å². The Labute approximate surface area is 138 Å². The lowest BCUT2D eigenvalue weighted by molar-refractivity contribution is 0.0594. The molecule has 0 aliphatic heterocycles. The number of nitrogens with one attached hydrogen (secondary N) is 1. The molecule has 1 aromatic heterocycles. The summed E-state index contributed by atoms with van der Waals surface area (Å²) in [4.78, 5) is 30.4. The number of thioether (sulfide) groups is 1. The van der Waals surface area contributed by atoms with E-state index in [4.69, 9.17) is 4.74 Å². The lowest BCUT2D eigenvalue weighted by atomic mass is 9.91. The number of esters is 1. The molecule has 1 aromatic carbocycles. The van der Waals surface area contributed by atoms with Crippen LogP contribution in [-0.2, 0) is 11.2 Å². The van der Waals surface area contributed by atoms with Crippen molar-refractivity contribution in [2.24, 2.45) is 0 Å². The average Bonchev–Trinajstić information content (AvgIpc) is 2.54. The molecule has 0 saturated heterocycles. The molecule has 23 heavy (non-hydrogen) atoms. The molecule has 0 spiro atoms. The molecule has 0 fully saturated rings. The van der Waals surface area contributed by atoms with E-state index < -0.39 is 11.7 Å². The molecule has 3 rings (SSSR count). The lowest BCUT2D eigenvalue weighted by Gasteiger charge is -2.25. The van der Waals surface area contributed by atoms with Gasteiger partial charge in [0.25, 0.3) is 0 Å². The zero-order valence-electron chi connectivity index (χ0n) is 13.1. The number of hydrogen-bond acceptors (Lipinski definition) is 5. The summed E-state index contributed by atoms with van der Waals surface area (Å²) in [6.07, 6.45) is 3.15. The molecule has 1 atom stereocenters. The van der Waals surface area contributed by atoms with Gasteiger partial charge in [-0.15, -0.1) is 0 Å². The van der Waals surface area contributed by atoms with Crippen LogP contribution in [0.15, 0.2) is 34.1 Å². The number of carbonyl (C=O) groups is 1. The second-order valence-corrected chi connectivity index (χ2v) is 6.73. The van der Waals surface area contributed by atoms with Gasteiger partial charge < -0.3 is 9.72 Å². The highest BCUT2D eigenvalue weighted by Gasteiger charge is 2.25. The number of aromatic amines is 1. The van der Waals surface area contributed by atoms with E-state index in [0.717, 1.165) is 19.3 Å². The lowest BCUT2D eigenvalue weighted by Crippen LogP contribution is -2.19. The van der Waals surface area contributed by atoms with Crippen LogP contribution < -0.4 is 5.69 Å². The van der Waals surface area contributed by atoms with Crippen LogP contribution in [0.3, 0.4) is 0 Å². The number of benzene rings is 1. The van der Waals surface area contributed by atoms with Gasteiger partial charge in [-0.2, -0.15) is 4.98 Å². The van der Waals surface area contributed by atoms with Crippen LogP contribution in [0.25, 0.3) is 0 Å². The molecule has 1 aliphatic rings. The van der Waals surface area contributed by atoms with Gasteiger partial charge in [-0.25, -0.2) is 9.59 Å². The maximum absolute atomic E-state index is 12.1. The summed E-state index contributed by atoms with van der Waals surface area (Å²) in [6.45, 7) is 1.69. The fourth-order valence-corrected chi connectivity index (χ4v) is 4.35. The number of nitrogens with zero attached hydrogens (tertiary/aromatic N) is 1. The van der Waals surface area contributed by atoms with Gasteiger partial charge >= 0.3 is 11.7 Å². The van der Waals surface area contributed by atoms with Crippen molar-refractivity contribution in [2.75, 3.05) is 7.11 Å². The van der Waals surface area contributed by atoms with E-state index in [1.807, 2.05) is 12.1 Å². The number of aromatic nitrogens is 2. The number of aryl methyl sites for hydroxylation is 2. The Balaban J connectivity index is 2.01. The third-order valence-electron chi connectivity index (χ3n) is 4.04. The second-order valence-electron chi connectivity index (χ2n) is 5.54. The molecular formula is C17H18N2O3S. The van der Waals surface area contributed by atoms with Crippen LogP contribution in [-0.4, -0.2) is 23.0 Å². The van der Waals surface area contributed by atoms with E-state index in [2.05, 4.69) is 22.1 Å². The summed E-state index contributed by atoms with van der Waals surface area (Å²) in [5.74, 6) is -0.474. The number of ether oxygens (including phenoxy) is 1. The predicted octanol–water partition coefficient (Wildman–Crippen LogP) is 3.03. The predicted molar refractivity (Wildman–Crippen MR) is 88.9 cm³/mol. The van der Waals surface area contributed by atoms with Gasteiger partial charge in [-0.05, 0) is 37.3 Å². The minimum atomic E-state index is -0.474. The maximum Gasteiger partial charge on any atom is 0.346 e. The highest BCUT2D eigenvalue weighted by molar-refractivity contribution is 7.99. The normalized spacial score (nSPS) is 16.7. The Morgan fingerprint density at radius 2 is 2.17 bits per heavy atom. The van der Waals surface area contributed by atoms with Gasteiger partial charge in [0.2, 0.25) is 0 Å². The average molecular weight is 330 g/mol. The van der Waals surface area contributed by atoms with Gasteiger partial charge in [0.05, 0.1) is 7.11 Å². The summed E-state index contributed by atoms with van der Waals surface area (Å²) >= 11 is 1.47. The number of hydrogen-bond donors (Lipinski definition) is 1. The first-order valence-electron chi connectivity index (χ1n) is 7.54. The summed E-state index contributed by atoms with van der Waals surface area (Å²) in [5.41, 5.74) is 2.99. The van der Waals surface area contributed by atoms with E-state index in [0.29, 0.717) is 16.3 Å². The molecule has 1 aliphatic carbocycles. The number of H-pyrrole nitrogens is 1. The largest absolute Gasteiger partial charge is 0.465 e. The number of carbonyl (C=O) groups excluding carboxylic acids is 1. The molecule has 0 radical (unpaired) electrons. The summed E-state index contributed by atoms with van der Waals surface area (Å²) < 4.78 is 4.84. The fraction of sp³-hybridized carbons (Fsp3) is 0.353. The summed E-state index contributed by atoms with van der Waals surface area (Å²) in [7, 11) is 1.33. The molecule has 2 aromatic rings. The highest BCUT2D eigenvalue weighted by Crippen LogP contribution is 2.43. The zero-order valence-corrected chi connectivity index (χ0v) is 13.9. The zero-order chi connectivity index (χ0) is 16.4. The first kappa shape index (κ1) is 15.8. The monoisotopic (exact) mass is 330 g/mol. The number of methoxy groups -OCH3 is 1. The maximum atomic E-state index is 12.1. The van der Waals surface area contributed by atoms with Crippen molar-refractivity contribution < 1.29 is 9.53 Å². The molecule has 0 amide bonds. The SMILES string of the molecule is COC(=O)c1c(S[C@@H]2CCCc3ccccc32)nc(=O)[nH]c1C. The van der Waals surface area contributed by atoms with Crippen LogP contribution in [0.5, 0.6) is 0 Å². The Hall–Kier alpha value is -2.08. The first-order valence-corrected chi connectivity index (χ1v) is 8.42. The minimum absolute atomic E-state index is 0.192. The standard InChI is InChI=1S/C17H18N2O3S/c1-10-14(16(20)22-2)15(19-17(21)18-10)23-13-9-5-7-11-6-3-4-8-12(11)13/h3-4,6,8,13H,5,7,9H2,1-2H3,(H,18,19,21)/t13-/m1/s1. The van der Waals surface area contributed by atoms with Crippen LogP contribution in [0.2, 0.25) is 0 Å². The molecule has 0 saturated carbocycles. The highest BCUT2D eigenvalue weighted by atomic mass is 32.2. The Morgan fingerprint density at radius 1 is 1.39 bits per heavy atom. The fourth-order valence-electron chi connectivity index (χ4n) is 2.95. The van der Waals surface area contributed by atoms with Crippen LogP contribution in [0.4, 0.5) is 0 Å². The third kappa shape index (κ3) is 3.17. The van der Waals surface area contributed by atoms with E-state index >= 15 is 0 Å². The molecule has 6 heteroatoms. The van der Waals surface area contributed by atoms with E-state index in [1.54, 1.807) is 6.92 Å². The van der Waals surface area contributed by atoms with Gasteiger partial charge in [-0.1, -0.05) is 36.0 Å². The minimum Gasteiger partial charge on any atom is -0.465 e. The Kier molecular flexibility index (Phi) is 4.52. The van der Waals surface area contributed by atoms with Crippen LogP contribution in [0.1, 0.15) is 45.3 Å². The topological polar surface area (TPSA) is 72.0 Å². The Morgan fingerprint density at radius 3 is 2.96 bits per heavy atom. The van der Waals surface area contributed by atoms with E-state index in [-0.39, 0.29) is 5.25 Å². The van der Waals surface area contributed by atoms with Crippen molar-refractivity contribution in [3.05, 3.63) is 57.1 Å². The van der Waals surface area contributed by atoms with Crippen LogP contribution in [0, 0.1) is 6.92 Å². The molecule has 1 N–H and O–H groups in total. The van der Waals surface area contributed by atoms with Gasteiger partial charge in [0.1, 0.15) is 10.6 Å². The molecular weight excluding hydrogens is 312 g/mol. The van der Waals surface area contributed by atoms with E-state index in [9.17, 15) is 9.59 Å². The van der Waals surface area contributed by atoms with Gasteiger partial charge in [0.15, 0.2) is 0 Å². The van der Waals surface area contributed by atoms with Crippen molar-refractivity contribution in [1.29, 1.82) is 0 Å². The molecule has 1 heterocycles. The van der Waals surface area contributed by atoms with Gasteiger partial charge in [-0.3, -0.25) is 0 Å². The first-order chi connectivity index (χ1) is 11.1. The second kappa shape index (κ2) is 6.58. The van der Waals surface area contributed by atoms with Gasteiger partial charge in [0, 0.05) is 10.9 Å². The smallest absolute Gasteiger partial charge is 0.346 e. The molecule has 0 bridgehead atoms. The molecule has 5 nitrogen and oxygen atoms in total. The van der Waals surface area contributed by atoms with Crippen molar-refractivity contribution in [3.8, 4) is 0 Å². The number of rotatable bonds is 3. The Bertz CT molecular complexity index is 801. The third-order valence-corrected chi connectivity index (χ3v) is 5.34. The van der Waals surface area contributed by atoms with Crippen molar-refractivity contribution >= 4 is 17.7 Å². The number of fused-ring (bicyclic) bond motifs is 1. The molecule has 120 valence electrons. The summed E-state index contributed by atoms with van der Waals surface area (Å²) in [6, 6.07) is 8.32. The van der Waals surface area contributed by atoms with Crippen molar-refractivity contribution in [2.45, 2.75) is 36.5 Å². The summed E-state index contributed by atoms with van der Waals surface area (Å²) in [5, 5.41) is 0.636. The molecule has 0 unspecified atom stereocenters.